The third-order valence-corrected chi connectivity index (χ3v) is 3.08. The summed E-state index contributed by atoms with van der Waals surface area (Å²) in [5.41, 5.74) is -0.611. The fraction of sp³-hybridized carbons (Fsp3) is 1.00. The number of nitrogens with one attached hydrogen (secondary N) is 1. The highest BCUT2D eigenvalue weighted by atomic mass is 16.5. The lowest BCUT2D eigenvalue weighted by atomic mass is 10.0. The molecule has 1 atom stereocenters. The second kappa shape index (κ2) is 6.46. The summed E-state index contributed by atoms with van der Waals surface area (Å²) in [4.78, 5) is 0. The number of rotatable bonds is 7. The van der Waals surface area contributed by atoms with Crippen molar-refractivity contribution in [2.24, 2.45) is 0 Å². The zero-order chi connectivity index (χ0) is 11.1. The van der Waals surface area contributed by atoms with E-state index in [4.69, 9.17) is 4.74 Å². The minimum absolute atomic E-state index is 0.491. The van der Waals surface area contributed by atoms with E-state index in [1.54, 1.807) is 0 Å². The largest absolute Gasteiger partial charge is 0.386 e. The molecule has 2 N–H and O–H groups in total. The van der Waals surface area contributed by atoms with E-state index in [1.807, 2.05) is 0 Å². The van der Waals surface area contributed by atoms with Crippen LogP contribution in [0.4, 0.5) is 0 Å². The summed E-state index contributed by atoms with van der Waals surface area (Å²) in [7, 11) is 0. The molecule has 3 heteroatoms. The van der Waals surface area contributed by atoms with Gasteiger partial charge in [-0.1, -0.05) is 26.7 Å². The lowest BCUT2D eigenvalue weighted by Gasteiger charge is -2.25. The Hall–Kier alpha value is -0.120. The van der Waals surface area contributed by atoms with Crippen molar-refractivity contribution >= 4 is 0 Å². The van der Waals surface area contributed by atoms with Crippen molar-refractivity contribution in [2.75, 3.05) is 19.8 Å². The molecule has 90 valence electrons. The molecule has 1 saturated heterocycles. The van der Waals surface area contributed by atoms with Crippen LogP contribution >= 0.6 is 0 Å². The van der Waals surface area contributed by atoms with Gasteiger partial charge in [0.15, 0.2) is 0 Å². The third-order valence-electron chi connectivity index (χ3n) is 3.08. The molecule has 0 spiro atoms. The molecule has 0 radical (unpaired) electrons. The SMILES string of the molecule is CCCC(CCC)NCC1(O)CCOC1. The number of ether oxygens (including phenoxy) is 1. The molecule has 0 amide bonds. The van der Waals surface area contributed by atoms with E-state index in [9.17, 15) is 5.11 Å². The molecular weight excluding hydrogens is 190 g/mol. The van der Waals surface area contributed by atoms with Crippen molar-refractivity contribution in [3.05, 3.63) is 0 Å². The summed E-state index contributed by atoms with van der Waals surface area (Å²) in [5, 5.41) is 13.6. The Bertz CT molecular complexity index is 161. The van der Waals surface area contributed by atoms with Gasteiger partial charge in [0.2, 0.25) is 0 Å². The summed E-state index contributed by atoms with van der Waals surface area (Å²) in [5.74, 6) is 0. The van der Waals surface area contributed by atoms with Crippen molar-refractivity contribution in [1.29, 1.82) is 0 Å². The highest BCUT2D eigenvalue weighted by Gasteiger charge is 2.32. The summed E-state index contributed by atoms with van der Waals surface area (Å²) in [6.45, 7) is 6.28. The van der Waals surface area contributed by atoms with E-state index in [1.165, 1.54) is 25.7 Å². The molecule has 1 rings (SSSR count). The van der Waals surface area contributed by atoms with Crippen LogP contribution < -0.4 is 5.32 Å². The average molecular weight is 215 g/mol. The highest BCUT2D eigenvalue weighted by Crippen LogP contribution is 2.17. The van der Waals surface area contributed by atoms with Gasteiger partial charge in [0.1, 0.15) is 5.60 Å². The quantitative estimate of drug-likeness (QED) is 0.679. The standard InChI is InChI=1S/C12H25NO2/c1-3-5-11(6-4-2)13-9-12(14)7-8-15-10-12/h11,13-14H,3-10H2,1-2H3. The Kier molecular flexibility index (Phi) is 5.58. The lowest BCUT2D eigenvalue weighted by Crippen LogP contribution is -2.45. The minimum atomic E-state index is -0.611. The second-order valence-electron chi connectivity index (χ2n) is 4.68. The minimum Gasteiger partial charge on any atom is -0.386 e. The topological polar surface area (TPSA) is 41.5 Å². The summed E-state index contributed by atoms with van der Waals surface area (Å²) in [6.07, 6.45) is 5.57. The molecular formula is C12H25NO2. The van der Waals surface area contributed by atoms with Crippen LogP contribution in [0.3, 0.4) is 0 Å². The maximum absolute atomic E-state index is 10.1. The first-order chi connectivity index (χ1) is 7.20. The van der Waals surface area contributed by atoms with Crippen LogP contribution in [0.25, 0.3) is 0 Å². The van der Waals surface area contributed by atoms with Crippen LogP contribution in [0.1, 0.15) is 46.0 Å². The van der Waals surface area contributed by atoms with Gasteiger partial charge < -0.3 is 15.2 Å². The molecule has 1 fully saturated rings. The van der Waals surface area contributed by atoms with Gasteiger partial charge in [-0.25, -0.2) is 0 Å². The molecule has 0 aromatic heterocycles. The molecule has 1 aliphatic rings. The van der Waals surface area contributed by atoms with Gasteiger partial charge in [-0.2, -0.15) is 0 Å². The van der Waals surface area contributed by atoms with Crippen LogP contribution in [-0.4, -0.2) is 36.5 Å². The van der Waals surface area contributed by atoms with Crippen molar-refractivity contribution < 1.29 is 9.84 Å². The predicted molar refractivity (Wildman–Crippen MR) is 62.0 cm³/mol. The second-order valence-corrected chi connectivity index (χ2v) is 4.68. The first-order valence-corrected chi connectivity index (χ1v) is 6.23. The molecule has 0 aromatic carbocycles. The zero-order valence-electron chi connectivity index (χ0n) is 10.1. The van der Waals surface area contributed by atoms with Gasteiger partial charge in [-0.05, 0) is 12.8 Å². The van der Waals surface area contributed by atoms with E-state index in [0.717, 1.165) is 6.42 Å². The zero-order valence-corrected chi connectivity index (χ0v) is 10.1. The van der Waals surface area contributed by atoms with E-state index in [0.29, 0.717) is 25.8 Å². The molecule has 0 aliphatic carbocycles. The van der Waals surface area contributed by atoms with Crippen LogP contribution in [0.5, 0.6) is 0 Å². The van der Waals surface area contributed by atoms with Crippen LogP contribution in [-0.2, 0) is 4.74 Å². The molecule has 0 aromatic rings. The van der Waals surface area contributed by atoms with Crippen molar-refractivity contribution in [3.63, 3.8) is 0 Å². The Morgan fingerprint density at radius 2 is 2.00 bits per heavy atom. The van der Waals surface area contributed by atoms with E-state index < -0.39 is 5.60 Å². The van der Waals surface area contributed by atoms with Crippen LogP contribution in [0.2, 0.25) is 0 Å². The first-order valence-electron chi connectivity index (χ1n) is 6.23. The van der Waals surface area contributed by atoms with Crippen LogP contribution in [0.15, 0.2) is 0 Å². The fourth-order valence-corrected chi connectivity index (χ4v) is 2.12. The molecule has 0 saturated carbocycles. The smallest absolute Gasteiger partial charge is 0.102 e. The Balaban J connectivity index is 2.25. The molecule has 0 bridgehead atoms. The number of hydrogen-bond acceptors (Lipinski definition) is 3. The van der Waals surface area contributed by atoms with Gasteiger partial charge in [-0.15, -0.1) is 0 Å². The van der Waals surface area contributed by atoms with Gasteiger partial charge >= 0.3 is 0 Å². The summed E-state index contributed by atoms with van der Waals surface area (Å²) >= 11 is 0. The summed E-state index contributed by atoms with van der Waals surface area (Å²) < 4.78 is 5.22. The van der Waals surface area contributed by atoms with Crippen molar-refractivity contribution in [2.45, 2.75) is 57.6 Å². The number of hydrogen-bond donors (Lipinski definition) is 2. The maximum atomic E-state index is 10.1. The molecule has 1 aliphatic heterocycles. The van der Waals surface area contributed by atoms with Gasteiger partial charge in [-0.3, -0.25) is 0 Å². The molecule has 1 unspecified atom stereocenters. The van der Waals surface area contributed by atoms with Crippen LogP contribution in [0, 0.1) is 0 Å². The van der Waals surface area contributed by atoms with Crippen molar-refractivity contribution in [3.8, 4) is 0 Å². The summed E-state index contributed by atoms with van der Waals surface area (Å²) in [6, 6.07) is 0.560. The monoisotopic (exact) mass is 215 g/mol. The fourth-order valence-electron chi connectivity index (χ4n) is 2.12. The highest BCUT2D eigenvalue weighted by molar-refractivity contribution is 4.86. The normalized spacial score (nSPS) is 26.4. The number of aliphatic hydroxyl groups is 1. The van der Waals surface area contributed by atoms with E-state index >= 15 is 0 Å². The van der Waals surface area contributed by atoms with E-state index in [2.05, 4.69) is 19.2 Å². The maximum Gasteiger partial charge on any atom is 0.102 e. The predicted octanol–water partition coefficient (Wildman–Crippen LogP) is 1.70. The van der Waals surface area contributed by atoms with E-state index in [-0.39, 0.29) is 0 Å². The molecule has 1 heterocycles. The first kappa shape index (κ1) is 12.9. The average Bonchev–Trinajstić information content (AvgIpc) is 2.63. The van der Waals surface area contributed by atoms with Gasteiger partial charge in [0.05, 0.1) is 6.61 Å². The van der Waals surface area contributed by atoms with Gasteiger partial charge in [0, 0.05) is 25.6 Å². The van der Waals surface area contributed by atoms with Gasteiger partial charge in [0.25, 0.3) is 0 Å². The Morgan fingerprint density at radius 1 is 1.33 bits per heavy atom. The lowest BCUT2D eigenvalue weighted by molar-refractivity contribution is 0.0243. The molecule has 15 heavy (non-hydrogen) atoms. The Morgan fingerprint density at radius 3 is 2.47 bits per heavy atom. The third kappa shape index (κ3) is 4.49. The Labute approximate surface area is 93.2 Å². The van der Waals surface area contributed by atoms with Crippen molar-refractivity contribution in [1.82, 2.24) is 5.32 Å². The molecule has 3 nitrogen and oxygen atoms in total.